The Morgan fingerprint density at radius 2 is 2.46 bits per heavy atom. The van der Waals surface area contributed by atoms with Crippen LogP contribution in [0.3, 0.4) is 0 Å². The maximum Gasteiger partial charge on any atom is 0.278 e. The highest BCUT2D eigenvalue weighted by molar-refractivity contribution is 6.06. The van der Waals surface area contributed by atoms with Gasteiger partial charge in [-0.1, -0.05) is 0 Å². The van der Waals surface area contributed by atoms with Crippen LogP contribution in [0.4, 0.5) is 0 Å². The minimum absolute atomic E-state index is 0.234. The number of aliphatic imine (C=N–C) groups is 1. The summed E-state index contributed by atoms with van der Waals surface area (Å²) in [4.78, 5) is 22.1. The molecule has 0 radical (unpaired) electrons. The Hall–Kier alpha value is -1.85. The van der Waals surface area contributed by atoms with Gasteiger partial charge in [0, 0.05) is 7.05 Å². The molecule has 0 aliphatic carbocycles. The standard InChI is InChI=1S/C7H9N5O/c1-8-7-9-2-4-5(6(13)12-7)11-3-10-4/h3H,2H2,1H3,(H,10,11)(H2,8,9,12,13). The van der Waals surface area contributed by atoms with Gasteiger partial charge in [0.15, 0.2) is 11.7 Å². The molecule has 0 spiro atoms. The third kappa shape index (κ3) is 1.26. The number of aromatic amines is 1. The van der Waals surface area contributed by atoms with E-state index in [0.29, 0.717) is 18.2 Å². The summed E-state index contributed by atoms with van der Waals surface area (Å²) in [6.45, 7) is 0.529. The zero-order valence-electron chi connectivity index (χ0n) is 7.09. The second-order valence-corrected chi connectivity index (χ2v) is 2.61. The average molecular weight is 179 g/mol. The van der Waals surface area contributed by atoms with Crippen molar-refractivity contribution < 1.29 is 4.79 Å². The number of nitrogens with zero attached hydrogens (tertiary/aromatic N) is 2. The molecular weight excluding hydrogens is 170 g/mol. The second kappa shape index (κ2) is 2.89. The first kappa shape index (κ1) is 7.78. The molecule has 0 saturated heterocycles. The third-order valence-corrected chi connectivity index (χ3v) is 1.82. The summed E-state index contributed by atoms with van der Waals surface area (Å²) >= 11 is 0. The van der Waals surface area contributed by atoms with Crippen molar-refractivity contribution in [2.75, 3.05) is 7.05 Å². The van der Waals surface area contributed by atoms with Gasteiger partial charge in [-0.05, 0) is 0 Å². The minimum atomic E-state index is -0.234. The van der Waals surface area contributed by atoms with Crippen LogP contribution in [0, 0.1) is 0 Å². The first-order valence-electron chi connectivity index (χ1n) is 3.85. The monoisotopic (exact) mass is 179 g/mol. The van der Waals surface area contributed by atoms with Crippen molar-refractivity contribution in [3.63, 3.8) is 0 Å². The van der Waals surface area contributed by atoms with Gasteiger partial charge in [-0.15, -0.1) is 0 Å². The molecule has 1 amide bonds. The molecule has 1 aliphatic rings. The topological polar surface area (TPSA) is 82.2 Å². The molecule has 2 rings (SSSR count). The van der Waals surface area contributed by atoms with Crippen LogP contribution in [0.25, 0.3) is 0 Å². The third-order valence-electron chi connectivity index (χ3n) is 1.82. The van der Waals surface area contributed by atoms with E-state index in [1.54, 1.807) is 7.05 Å². The molecule has 2 heterocycles. The van der Waals surface area contributed by atoms with Gasteiger partial charge in [0.2, 0.25) is 0 Å². The number of amides is 1. The Morgan fingerprint density at radius 1 is 1.62 bits per heavy atom. The summed E-state index contributed by atoms with van der Waals surface area (Å²) < 4.78 is 0. The number of imidazole rings is 1. The first-order valence-corrected chi connectivity index (χ1v) is 3.85. The van der Waals surface area contributed by atoms with Crippen molar-refractivity contribution in [1.29, 1.82) is 0 Å². The zero-order valence-corrected chi connectivity index (χ0v) is 7.09. The van der Waals surface area contributed by atoms with Gasteiger partial charge in [0.25, 0.3) is 5.91 Å². The van der Waals surface area contributed by atoms with Crippen molar-refractivity contribution in [3.8, 4) is 0 Å². The van der Waals surface area contributed by atoms with Crippen LogP contribution in [-0.2, 0) is 6.54 Å². The smallest absolute Gasteiger partial charge is 0.278 e. The van der Waals surface area contributed by atoms with Gasteiger partial charge < -0.3 is 10.3 Å². The van der Waals surface area contributed by atoms with Gasteiger partial charge >= 0.3 is 0 Å². The number of hydrogen-bond donors (Lipinski definition) is 3. The fraction of sp³-hybridized carbons (Fsp3) is 0.286. The lowest BCUT2D eigenvalue weighted by molar-refractivity contribution is 0.0972. The van der Waals surface area contributed by atoms with E-state index in [4.69, 9.17) is 0 Å². The van der Waals surface area contributed by atoms with E-state index < -0.39 is 0 Å². The molecule has 13 heavy (non-hydrogen) atoms. The summed E-state index contributed by atoms with van der Waals surface area (Å²) in [6, 6.07) is 0. The fourth-order valence-corrected chi connectivity index (χ4v) is 1.17. The van der Waals surface area contributed by atoms with Crippen LogP contribution < -0.4 is 10.6 Å². The van der Waals surface area contributed by atoms with Crippen LogP contribution in [0.1, 0.15) is 16.2 Å². The van der Waals surface area contributed by atoms with Gasteiger partial charge in [0.1, 0.15) is 0 Å². The Labute approximate surface area is 74.5 Å². The van der Waals surface area contributed by atoms with Gasteiger partial charge in [0.05, 0.1) is 18.6 Å². The Balaban J connectivity index is 2.36. The van der Waals surface area contributed by atoms with E-state index in [9.17, 15) is 4.79 Å². The number of guanidine groups is 1. The normalized spacial score (nSPS) is 18.8. The molecule has 0 aromatic carbocycles. The molecule has 0 saturated carbocycles. The number of rotatable bonds is 0. The fourth-order valence-electron chi connectivity index (χ4n) is 1.17. The van der Waals surface area contributed by atoms with Crippen molar-refractivity contribution >= 4 is 11.9 Å². The number of aromatic nitrogens is 2. The van der Waals surface area contributed by atoms with Crippen LogP contribution >= 0.6 is 0 Å². The van der Waals surface area contributed by atoms with E-state index in [2.05, 4.69) is 25.6 Å². The maximum atomic E-state index is 11.4. The summed E-state index contributed by atoms with van der Waals surface area (Å²) in [5.41, 5.74) is 1.20. The lowest BCUT2D eigenvalue weighted by Gasteiger charge is -2.03. The highest BCUT2D eigenvalue weighted by Gasteiger charge is 2.19. The number of hydrogen-bond acceptors (Lipinski definition) is 3. The van der Waals surface area contributed by atoms with Gasteiger partial charge in [-0.2, -0.15) is 0 Å². The molecule has 0 fully saturated rings. The highest BCUT2D eigenvalue weighted by Crippen LogP contribution is 2.04. The number of nitrogens with one attached hydrogen (secondary N) is 3. The van der Waals surface area contributed by atoms with Crippen molar-refractivity contribution in [2.24, 2.45) is 4.99 Å². The van der Waals surface area contributed by atoms with E-state index >= 15 is 0 Å². The van der Waals surface area contributed by atoms with Crippen molar-refractivity contribution in [2.45, 2.75) is 6.54 Å². The summed E-state index contributed by atoms with van der Waals surface area (Å²) in [7, 11) is 1.61. The van der Waals surface area contributed by atoms with E-state index in [1.807, 2.05) is 0 Å². The lowest BCUT2D eigenvalue weighted by atomic mass is 10.3. The molecule has 6 nitrogen and oxygen atoms in total. The van der Waals surface area contributed by atoms with Crippen molar-refractivity contribution in [3.05, 3.63) is 17.7 Å². The van der Waals surface area contributed by atoms with Crippen LogP contribution in [0.15, 0.2) is 11.3 Å². The summed E-state index contributed by atoms with van der Waals surface area (Å²) in [6.07, 6.45) is 1.50. The van der Waals surface area contributed by atoms with Crippen molar-refractivity contribution in [1.82, 2.24) is 20.6 Å². The molecule has 3 N–H and O–H groups in total. The Kier molecular flexibility index (Phi) is 1.73. The molecule has 0 atom stereocenters. The molecule has 1 aliphatic heterocycles. The molecule has 1 aromatic rings. The van der Waals surface area contributed by atoms with E-state index in [0.717, 1.165) is 5.69 Å². The Morgan fingerprint density at radius 3 is 3.23 bits per heavy atom. The summed E-state index contributed by atoms with van der Waals surface area (Å²) in [5.74, 6) is 0.234. The van der Waals surface area contributed by atoms with E-state index in [1.165, 1.54) is 6.33 Å². The van der Waals surface area contributed by atoms with Gasteiger partial charge in [-0.25, -0.2) is 4.98 Å². The van der Waals surface area contributed by atoms with Crippen LogP contribution in [0.2, 0.25) is 0 Å². The zero-order chi connectivity index (χ0) is 9.26. The van der Waals surface area contributed by atoms with Crippen LogP contribution in [0.5, 0.6) is 0 Å². The number of fused-ring (bicyclic) bond motifs is 1. The molecular formula is C7H9N5O. The summed E-state index contributed by atoms with van der Waals surface area (Å²) in [5, 5.41) is 5.54. The number of carbonyl (C=O) groups excluding carboxylic acids is 1. The quantitative estimate of drug-likeness (QED) is 0.489. The van der Waals surface area contributed by atoms with Gasteiger partial charge in [-0.3, -0.25) is 15.1 Å². The molecule has 0 unspecified atom stereocenters. The Bertz CT molecular complexity index is 367. The number of H-pyrrole nitrogens is 1. The maximum absolute atomic E-state index is 11.4. The minimum Gasteiger partial charge on any atom is -0.350 e. The average Bonchev–Trinajstić information content (AvgIpc) is 2.54. The predicted octanol–water partition coefficient (Wildman–Crippen LogP) is -0.772. The lowest BCUT2D eigenvalue weighted by Crippen LogP contribution is -2.37. The highest BCUT2D eigenvalue weighted by atomic mass is 16.2. The number of carbonyl (C=O) groups is 1. The SMILES string of the molecule is CN=C1NCc2[nH]cnc2C(=O)N1. The molecule has 6 heteroatoms. The molecule has 0 bridgehead atoms. The predicted molar refractivity (Wildman–Crippen MR) is 46.3 cm³/mol. The molecule has 68 valence electrons. The van der Waals surface area contributed by atoms with Crippen LogP contribution in [-0.4, -0.2) is 28.9 Å². The second-order valence-electron chi connectivity index (χ2n) is 2.61. The largest absolute Gasteiger partial charge is 0.350 e. The van der Waals surface area contributed by atoms with E-state index in [-0.39, 0.29) is 5.91 Å². The first-order chi connectivity index (χ1) is 6.31. The molecule has 1 aromatic heterocycles.